The van der Waals surface area contributed by atoms with E-state index in [1.165, 1.54) is 36.4 Å². The molecule has 2 aromatic rings. The van der Waals surface area contributed by atoms with Gasteiger partial charge in [-0.1, -0.05) is 13.8 Å². The van der Waals surface area contributed by atoms with Crippen molar-refractivity contribution in [3.05, 3.63) is 52.3 Å². The number of benzene rings is 1. The highest BCUT2D eigenvalue weighted by atomic mass is 16.6. The van der Waals surface area contributed by atoms with E-state index in [0.29, 0.717) is 11.3 Å². The van der Waals surface area contributed by atoms with Crippen LogP contribution in [0.3, 0.4) is 0 Å². The molecule has 0 aliphatic rings. The molecule has 0 fully saturated rings. The first kappa shape index (κ1) is 20.6. The Morgan fingerprint density at radius 2 is 1.93 bits per heavy atom. The van der Waals surface area contributed by atoms with E-state index in [4.69, 9.17) is 9.15 Å². The molecule has 1 amide bonds. The van der Waals surface area contributed by atoms with Crippen LogP contribution in [0.25, 0.3) is 11.3 Å². The molecule has 1 aromatic carbocycles. The van der Waals surface area contributed by atoms with Crippen molar-refractivity contribution in [2.24, 2.45) is 5.92 Å². The van der Waals surface area contributed by atoms with Crippen LogP contribution in [0.1, 0.15) is 31.3 Å². The van der Waals surface area contributed by atoms with Crippen LogP contribution >= 0.6 is 0 Å². The quantitative estimate of drug-likeness (QED) is 0.439. The molecule has 0 unspecified atom stereocenters. The molecule has 0 radical (unpaired) electrons. The molecule has 0 saturated heterocycles. The number of nitro groups is 1. The monoisotopic (exact) mass is 385 g/mol. The largest absolute Gasteiger partial charge is 0.450 e. The van der Waals surface area contributed by atoms with E-state index in [9.17, 15) is 25.0 Å². The van der Waals surface area contributed by atoms with Crippen LogP contribution in [0.5, 0.6) is 0 Å². The maximum atomic E-state index is 12.1. The number of hydrogen-bond donors (Lipinski definition) is 1. The van der Waals surface area contributed by atoms with Gasteiger partial charge in [0.15, 0.2) is 6.61 Å². The first-order valence-electron chi connectivity index (χ1n) is 8.40. The van der Waals surface area contributed by atoms with Gasteiger partial charge in [-0.2, -0.15) is 5.26 Å². The summed E-state index contributed by atoms with van der Waals surface area (Å²) in [5.41, 5.74) is -0.590. The zero-order valence-corrected chi connectivity index (χ0v) is 15.6. The second-order valence-corrected chi connectivity index (χ2v) is 6.56. The maximum absolute atomic E-state index is 12.1. The molecule has 146 valence electrons. The minimum Gasteiger partial charge on any atom is -0.450 e. The highest BCUT2D eigenvalue weighted by Crippen LogP contribution is 2.24. The van der Waals surface area contributed by atoms with Crippen molar-refractivity contribution in [1.82, 2.24) is 5.32 Å². The minimum atomic E-state index is -1.07. The topological polar surface area (TPSA) is 135 Å². The first-order chi connectivity index (χ1) is 13.2. The third-order valence-corrected chi connectivity index (χ3v) is 4.29. The lowest BCUT2D eigenvalue weighted by molar-refractivity contribution is -0.384. The number of amides is 1. The van der Waals surface area contributed by atoms with E-state index in [2.05, 4.69) is 5.32 Å². The number of nitrogens with zero attached hydrogens (tertiary/aromatic N) is 2. The lowest BCUT2D eigenvalue weighted by Crippen LogP contribution is -2.50. The maximum Gasteiger partial charge on any atom is 0.374 e. The summed E-state index contributed by atoms with van der Waals surface area (Å²) in [6.07, 6.45) is 0. The summed E-state index contributed by atoms with van der Waals surface area (Å²) in [5.74, 6) is -1.37. The number of nitro benzene ring substituents is 1. The van der Waals surface area contributed by atoms with Crippen LogP contribution in [0.4, 0.5) is 5.69 Å². The van der Waals surface area contributed by atoms with E-state index in [1.54, 1.807) is 20.8 Å². The molecule has 0 aliphatic heterocycles. The van der Waals surface area contributed by atoms with Gasteiger partial charge in [0.1, 0.15) is 11.3 Å². The van der Waals surface area contributed by atoms with Gasteiger partial charge in [0.05, 0.1) is 11.0 Å². The summed E-state index contributed by atoms with van der Waals surface area (Å²) in [4.78, 5) is 34.2. The van der Waals surface area contributed by atoms with E-state index in [-0.39, 0.29) is 17.4 Å². The molecule has 0 bridgehead atoms. The molecule has 1 atom stereocenters. The third kappa shape index (κ3) is 4.73. The number of esters is 1. The molecule has 0 aliphatic carbocycles. The summed E-state index contributed by atoms with van der Waals surface area (Å²) in [7, 11) is 0. The molecule has 2 rings (SSSR count). The van der Waals surface area contributed by atoms with Gasteiger partial charge in [0.25, 0.3) is 11.6 Å². The van der Waals surface area contributed by atoms with E-state index < -0.39 is 28.9 Å². The number of rotatable bonds is 7. The van der Waals surface area contributed by atoms with E-state index >= 15 is 0 Å². The van der Waals surface area contributed by atoms with Gasteiger partial charge in [0, 0.05) is 17.7 Å². The summed E-state index contributed by atoms with van der Waals surface area (Å²) in [6.45, 7) is 4.60. The summed E-state index contributed by atoms with van der Waals surface area (Å²) < 4.78 is 10.3. The Morgan fingerprint density at radius 3 is 2.46 bits per heavy atom. The van der Waals surface area contributed by atoms with Gasteiger partial charge < -0.3 is 14.5 Å². The Morgan fingerprint density at radius 1 is 1.29 bits per heavy atom. The highest BCUT2D eigenvalue weighted by molar-refractivity contribution is 5.89. The van der Waals surface area contributed by atoms with Crippen LogP contribution in [0.2, 0.25) is 0 Å². The van der Waals surface area contributed by atoms with Gasteiger partial charge >= 0.3 is 5.97 Å². The number of ether oxygens (including phenoxy) is 1. The smallest absolute Gasteiger partial charge is 0.374 e. The first-order valence-corrected chi connectivity index (χ1v) is 8.40. The van der Waals surface area contributed by atoms with Crippen molar-refractivity contribution in [1.29, 1.82) is 5.26 Å². The molecular weight excluding hydrogens is 366 g/mol. The fourth-order valence-electron chi connectivity index (χ4n) is 2.18. The second kappa shape index (κ2) is 8.35. The zero-order valence-electron chi connectivity index (χ0n) is 15.6. The van der Waals surface area contributed by atoms with Crippen molar-refractivity contribution in [3.63, 3.8) is 0 Å². The second-order valence-electron chi connectivity index (χ2n) is 6.56. The molecule has 9 nitrogen and oxygen atoms in total. The lowest BCUT2D eigenvalue weighted by atomic mass is 9.90. The summed E-state index contributed by atoms with van der Waals surface area (Å²) in [5, 5.41) is 22.4. The van der Waals surface area contributed by atoms with Gasteiger partial charge in [-0.3, -0.25) is 14.9 Å². The van der Waals surface area contributed by atoms with Crippen LogP contribution in [0, 0.1) is 27.4 Å². The zero-order chi connectivity index (χ0) is 20.9. The Kier molecular flexibility index (Phi) is 6.15. The average Bonchev–Trinajstić information content (AvgIpc) is 3.16. The van der Waals surface area contributed by atoms with Crippen molar-refractivity contribution in [2.75, 3.05) is 6.61 Å². The Balaban J connectivity index is 1.98. The van der Waals surface area contributed by atoms with Crippen LogP contribution in [-0.4, -0.2) is 28.9 Å². The Hall–Kier alpha value is -3.67. The van der Waals surface area contributed by atoms with Crippen molar-refractivity contribution in [3.8, 4) is 17.4 Å². The molecule has 1 aromatic heterocycles. The summed E-state index contributed by atoms with van der Waals surface area (Å²) in [6, 6.07) is 10.6. The van der Waals surface area contributed by atoms with Crippen molar-refractivity contribution >= 4 is 17.6 Å². The molecular formula is C19H19N3O6. The van der Waals surface area contributed by atoms with E-state index in [0.717, 1.165) is 0 Å². The molecule has 0 saturated carbocycles. The SMILES string of the molecule is CC(C)[C@@](C)(C#N)NC(=O)COC(=O)c1ccc(-c2ccc([N+](=O)[O-])cc2)o1. The van der Waals surface area contributed by atoms with Gasteiger partial charge in [-0.05, 0) is 37.1 Å². The molecule has 9 heteroatoms. The average molecular weight is 385 g/mol. The molecule has 0 spiro atoms. The Bertz CT molecular complexity index is 926. The minimum absolute atomic E-state index is 0.0632. The van der Waals surface area contributed by atoms with Crippen LogP contribution in [-0.2, 0) is 9.53 Å². The van der Waals surface area contributed by atoms with Gasteiger partial charge in [-0.15, -0.1) is 0 Å². The Labute approximate surface area is 161 Å². The number of nitrogens with one attached hydrogen (secondary N) is 1. The highest BCUT2D eigenvalue weighted by Gasteiger charge is 2.30. The van der Waals surface area contributed by atoms with E-state index in [1.807, 2.05) is 6.07 Å². The number of carbonyl (C=O) groups is 2. The molecule has 28 heavy (non-hydrogen) atoms. The fourth-order valence-corrected chi connectivity index (χ4v) is 2.18. The van der Waals surface area contributed by atoms with Crippen molar-refractivity contribution in [2.45, 2.75) is 26.3 Å². The number of non-ortho nitro benzene ring substituents is 1. The summed E-state index contributed by atoms with van der Waals surface area (Å²) >= 11 is 0. The molecule has 1 N–H and O–H groups in total. The molecule has 1 heterocycles. The number of nitriles is 1. The normalized spacial score (nSPS) is 12.7. The van der Waals surface area contributed by atoms with Crippen molar-refractivity contribution < 1.29 is 23.7 Å². The fraction of sp³-hybridized carbons (Fsp3) is 0.316. The lowest BCUT2D eigenvalue weighted by Gasteiger charge is -2.27. The predicted molar refractivity (Wildman–Crippen MR) is 98.1 cm³/mol. The number of hydrogen-bond acceptors (Lipinski definition) is 7. The number of furan rings is 1. The van der Waals surface area contributed by atoms with Gasteiger partial charge in [-0.25, -0.2) is 4.79 Å². The number of carbonyl (C=O) groups excluding carboxylic acids is 2. The van der Waals surface area contributed by atoms with Gasteiger partial charge in [0.2, 0.25) is 5.76 Å². The van der Waals surface area contributed by atoms with Crippen LogP contribution in [0.15, 0.2) is 40.8 Å². The third-order valence-electron chi connectivity index (χ3n) is 4.29. The standard InChI is InChI=1S/C19H19N3O6/c1-12(2)19(3,11-20)21-17(23)10-27-18(24)16-9-8-15(28-16)13-4-6-14(7-5-13)22(25)26/h4-9,12H,10H2,1-3H3,(H,21,23)/t19-/m1/s1. The predicted octanol–water partition coefficient (Wildman–Crippen LogP) is 3.07. The van der Waals surface area contributed by atoms with Crippen LogP contribution < -0.4 is 5.32 Å².